The molecule has 2 N–H and O–H groups in total. The van der Waals surface area contributed by atoms with E-state index in [1.165, 1.54) is 0 Å². The van der Waals surface area contributed by atoms with E-state index in [9.17, 15) is 13.2 Å². The maximum absolute atomic E-state index is 12.8. The van der Waals surface area contributed by atoms with Crippen LogP contribution < -0.4 is 10.6 Å². The number of rotatable bonds is 5. The third-order valence-corrected chi connectivity index (χ3v) is 7.52. The topological polar surface area (TPSA) is 90.9 Å². The van der Waals surface area contributed by atoms with Gasteiger partial charge in [0.1, 0.15) is 10.7 Å². The standard InChI is InChI=1S/C23H34N4O3S/c1-15(2)8-11-24-23(28)25-20-9-12-27(13-10-20)22-18(5)21(31(29,30)26-22)19-7-6-16(3)17(4)14-19/h6-7,14-15,20H,8-13H2,1-5H3,(H2,24,25,28). The number of carbonyl (C=O) groups excluding carboxylic acids is 1. The van der Waals surface area contributed by atoms with Crippen molar-refractivity contribution in [3.05, 3.63) is 40.5 Å². The zero-order chi connectivity index (χ0) is 22.8. The number of nitrogens with one attached hydrogen (secondary N) is 2. The number of carbonyl (C=O) groups is 1. The first-order chi connectivity index (χ1) is 14.6. The quantitative estimate of drug-likeness (QED) is 0.723. The molecule has 1 fully saturated rings. The Balaban J connectivity index is 1.64. The third kappa shape index (κ3) is 5.47. The minimum absolute atomic E-state index is 0.0809. The number of aryl methyl sites for hydroxylation is 2. The van der Waals surface area contributed by atoms with E-state index in [-0.39, 0.29) is 12.1 Å². The number of hydrogen-bond donors (Lipinski definition) is 2. The van der Waals surface area contributed by atoms with Gasteiger partial charge in [0.2, 0.25) is 0 Å². The van der Waals surface area contributed by atoms with Gasteiger partial charge in [0, 0.05) is 31.2 Å². The minimum atomic E-state index is -3.72. The number of amides is 2. The Hall–Kier alpha value is -2.35. The predicted molar refractivity (Wildman–Crippen MR) is 125 cm³/mol. The molecule has 2 aliphatic rings. The number of amidine groups is 1. The Labute approximate surface area is 186 Å². The molecule has 0 bridgehead atoms. The monoisotopic (exact) mass is 446 g/mol. The second kappa shape index (κ2) is 9.42. The van der Waals surface area contributed by atoms with E-state index in [2.05, 4.69) is 28.9 Å². The average molecular weight is 447 g/mol. The third-order valence-electron chi connectivity index (χ3n) is 6.05. The summed E-state index contributed by atoms with van der Waals surface area (Å²) in [6.45, 7) is 12.1. The molecule has 31 heavy (non-hydrogen) atoms. The lowest BCUT2D eigenvalue weighted by molar-refractivity contribution is 0.226. The number of nitrogens with zero attached hydrogens (tertiary/aromatic N) is 2. The van der Waals surface area contributed by atoms with Gasteiger partial charge in [-0.15, -0.1) is 4.40 Å². The fourth-order valence-corrected chi connectivity index (χ4v) is 5.49. The minimum Gasteiger partial charge on any atom is -0.356 e. The number of piperidine rings is 1. The molecule has 1 aromatic rings. The van der Waals surface area contributed by atoms with Gasteiger partial charge in [-0.3, -0.25) is 0 Å². The molecule has 1 aromatic carbocycles. The summed E-state index contributed by atoms with van der Waals surface area (Å²) in [5.74, 6) is 1.09. The van der Waals surface area contributed by atoms with Crippen molar-refractivity contribution in [3.8, 4) is 0 Å². The van der Waals surface area contributed by atoms with Gasteiger partial charge >= 0.3 is 6.03 Å². The van der Waals surface area contributed by atoms with Crippen LogP contribution in [0.15, 0.2) is 28.2 Å². The molecule has 3 rings (SSSR count). The highest BCUT2D eigenvalue weighted by molar-refractivity contribution is 8.00. The summed E-state index contributed by atoms with van der Waals surface area (Å²) in [5, 5.41) is 5.93. The Bertz CT molecular complexity index is 1000. The van der Waals surface area contributed by atoms with Crippen molar-refractivity contribution in [1.29, 1.82) is 0 Å². The van der Waals surface area contributed by atoms with Gasteiger partial charge in [-0.05, 0) is 62.6 Å². The van der Waals surface area contributed by atoms with Gasteiger partial charge in [0.05, 0.1) is 0 Å². The zero-order valence-corrected chi connectivity index (χ0v) is 20.0. The van der Waals surface area contributed by atoms with E-state index in [4.69, 9.17) is 0 Å². The van der Waals surface area contributed by atoms with E-state index < -0.39 is 10.0 Å². The van der Waals surface area contributed by atoms with Gasteiger partial charge < -0.3 is 15.5 Å². The number of urea groups is 1. The van der Waals surface area contributed by atoms with Crippen LogP contribution in [0.3, 0.4) is 0 Å². The maximum atomic E-state index is 12.8. The Morgan fingerprint density at radius 3 is 2.45 bits per heavy atom. The van der Waals surface area contributed by atoms with Crippen LogP contribution in [0.2, 0.25) is 0 Å². The highest BCUT2D eigenvalue weighted by atomic mass is 32.2. The van der Waals surface area contributed by atoms with Crippen molar-refractivity contribution < 1.29 is 13.2 Å². The van der Waals surface area contributed by atoms with Crippen molar-refractivity contribution in [1.82, 2.24) is 15.5 Å². The predicted octanol–water partition coefficient (Wildman–Crippen LogP) is 3.59. The summed E-state index contributed by atoms with van der Waals surface area (Å²) >= 11 is 0. The lowest BCUT2D eigenvalue weighted by Gasteiger charge is -2.33. The molecule has 0 spiro atoms. The van der Waals surface area contributed by atoms with Crippen LogP contribution in [0.4, 0.5) is 4.79 Å². The molecule has 2 heterocycles. The number of likely N-dealkylation sites (tertiary alicyclic amines) is 1. The molecule has 2 aliphatic heterocycles. The fraction of sp³-hybridized carbons (Fsp3) is 0.565. The number of sulfonamides is 1. The molecule has 0 atom stereocenters. The first kappa shape index (κ1) is 23.3. The SMILES string of the molecule is CC1=C(c2ccc(C)c(C)c2)S(=O)(=O)N=C1N1CCC(NC(=O)NCCC(C)C)CC1. The van der Waals surface area contributed by atoms with Crippen LogP contribution in [0.25, 0.3) is 4.91 Å². The largest absolute Gasteiger partial charge is 0.356 e. The molecular weight excluding hydrogens is 412 g/mol. The second-order valence-corrected chi connectivity index (χ2v) is 10.5. The average Bonchev–Trinajstić information content (AvgIpc) is 2.93. The van der Waals surface area contributed by atoms with E-state index in [0.29, 0.717) is 47.4 Å². The molecule has 8 heteroatoms. The zero-order valence-electron chi connectivity index (χ0n) is 19.2. The Kier molecular flexibility index (Phi) is 7.09. The van der Waals surface area contributed by atoms with E-state index in [1.807, 2.05) is 43.9 Å². The molecule has 2 amide bonds. The van der Waals surface area contributed by atoms with Crippen molar-refractivity contribution in [2.75, 3.05) is 19.6 Å². The van der Waals surface area contributed by atoms with Gasteiger partial charge in [-0.2, -0.15) is 8.42 Å². The Morgan fingerprint density at radius 2 is 1.84 bits per heavy atom. The smallest absolute Gasteiger partial charge is 0.315 e. The lowest BCUT2D eigenvalue weighted by atomic mass is 10.0. The van der Waals surface area contributed by atoms with Gasteiger partial charge in [-0.1, -0.05) is 32.0 Å². The van der Waals surface area contributed by atoms with Crippen LogP contribution in [0.5, 0.6) is 0 Å². The molecular formula is C23H34N4O3S. The summed E-state index contributed by atoms with van der Waals surface area (Å²) in [7, 11) is -3.72. The first-order valence-corrected chi connectivity index (χ1v) is 12.5. The highest BCUT2D eigenvalue weighted by Crippen LogP contribution is 2.35. The summed E-state index contributed by atoms with van der Waals surface area (Å²) in [5.41, 5.74) is 3.57. The molecule has 0 aliphatic carbocycles. The summed E-state index contributed by atoms with van der Waals surface area (Å²) in [6.07, 6.45) is 2.46. The van der Waals surface area contributed by atoms with E-state index >= 15 is 0 Å². The number of hydrogen-bond acceptors (Lipinski definition) is 4. The molecule has 7 nitrogen and oxygen atoms in total. The molecule has 0 saturated carbocycles. The normalized spacial score (nSPS) is 19.0. The lowest BCUT2D eigenvalue weighted by Crippen LogP contribution is -2.49. The molecule has 0 radical (unpaired) electrons. The summed E-state index contributed by atoms with van der Waals surface area (Å²) in [6, 6.07) is 5.66. The molecule has 0 aromatic heterocycles. The van der Waals surface area contributed by atoms with Crippen LogP contribution in [-0.4, -0.2) is 50.9 Å². The van der Waals surface area contributed by atoms with Crippen molar-refractivity contribution >= 4 is 26.8 Å². The van der Waals surface area contributed by atoms with Crippen molar-refractivity contribution in [2.45, 2.75) is 59.9 Å². The summed E-state index contributed by atoms with van der Waals surface area (Å²) in [4.78, 5) is 14.4. The van der Waals surface area contributed by atoms with Gasteiger partial charge in [0.15, 0.2) is 0 Å². The molecule has 0 unspecified atom stereocenters. The van der Waals surface area contributed by atoms with Crippen molar-refractivity contribution in [3.63, 3.8) is 0 Å². The fourth-order valence-electron chi connectivity index (χ4n) is 4.01. The molecule has 1 saturated heterocycles. The summed E-state index contributed by atoms with van der Waals surface area (Å²) < 4.78 is 29.8. The van der Waals surface area contributed by atoms with Crippen LogP contribution >= 0.6 is 0 Å². The maximum Gasteiger partial charge on any atom is 0.315 e. The van der Waals surface area contributed by atoms with E-state index in [0.717, 1.165) is 30.4 Å². The first-order valence-electron chi connectivity index (χ1n) is 11.0. The van der Waals surface area contributed by atoms with Gasteiger partial charge in [-0.25, -0.2) is 4.79 Å². The Morgan fingerprint density at radius 1 is 1.16 bits per heavy atom. The van der Waals surface area contributed by atoms with Crippen LogP contribution in [0.1, 0.15) is 56.7 Å². The van der Waals surface area contributed by atoms with Gasteiger partial charge in [0.25, 0.3) is 10.0 Å². The highest BCUT2D eigenvalue weighted by Gasteiger charge is 2.35. The second-order valence-electron chi connectivity index (χ2n) is 8.99. The number of benzene rings is 1. The molecule has 170 valence electrons. The van der Waals surface area contributed by atoms with Crippen LogP contribution in [-0.2, 0) is 10.0 Å². The van der Waals surface area contributed by atoms with Crippen LogP contribution in [0, 0.1) is 19.8 Å². The van der Waals surface area contributed by atoms with E-state index in [1.54, 1.807) is 0 Å². The van der Waals surface area contributed by atoms with Crippen molar-refractivity contribution in [2.24, 2.45) is 10.3 Å².